The molecule has 3 heterocycles. The first kappa shape index (κ1) is 12.6. The highest BCUT2D eigenvalue weighted by Crippen LogP contribution is 2.21. The van der Waals surface area contributed by atoms with Crippen LogP contribution in [0.1, 0.15) is 18.6 Å². The van der Waals surface area contributed by atoms with Gasteiger partial charge in [0.15, 0.2) is 11.6 Å². The van der Waals surface area contributed by atoms with Crippen LogP contribution in [0, 0.1) is 5.82 Å². The normalized spacial score (nSPS) is 15.2. The van der Waals surface area contributed by atoms with E-state index >= 15 is 0 Å². The second kappa shape index (κ2) is 5.68. The molecule has 1 aliphatic rings. The predicted molar refractivity (Wildman–Crippen MR) is 73.4 cm³/mol. The van der Waals surface area contributed by atoms with Gasteiger partial charge >= 0.3 is 0 Å². The molecule has 6 nitrogen and oxygen atoms in total. The van der Waals surface area contributed by atoms with Crippen molar-refractivity contribution in [3.05, 3.63) is 36.2 Å². The largest absolute Gasteiger partial charge is 0.463 e. The summed E-state index contributed by atoms with van der Waals surface area (Å²) >= 11 is 0. The van der Waals surface area contributed by atoms with Crippen molar-refractivity contribution in [3.8, 4) is 0 Å². The van der Waals surface area contributed by atoms with Crippen LogP contribution in [-0.2, 0) is 0 Å². The van der Waals surface area contributed by atoms with Crippen LogP contribution in [0.2, 0.25) is 0 Å². The molecule has 0 bridgehead atoms. The molecule has 0 aliphatic carbocycles. The van der Waals surface area contributed by atoms with Gasteiger partial charge < -0.3 is 9.32 Å². The van der Waals surface area contributed by atoms with E-state index in [0.29, 0.717) is 11.6 Å². The summed E-state index contributed by atoms with van der Waals surface area (Å²) in [6.45, 7) is 1.64. The van der Waals surface area contributed by atoms with Gasteiger partial charge in [0.05, 0.1) is 18.7 Å². The van der Waals surface area contributed by atoms with Crippen molar-refractivity contribution in [2.75, 3.05) is 23.4 Å². The molecule has 0 unspecified atom stereocenters. The molecule has 0 atom stereocenters. The van der Waals surface area contributed by atoms with E-state index in [0.717, 1.165) is 32.1 Å². The third kappa shape index (κ3) is 2.76. The topological polar surface area (TPSA) is 66.5 Å². The van der Waals surface area contributed by atoms with Crippen molar-refractivity contribution in [3.63, 3.8) is 0 Å². The van der Waals surface area contributed by atoms with E-state index < -0.39 is 5.82 Å². The molecule has 0 saturated carbocycles. The molecule has 0 amide bonds. The maximum atomic E-state index is 13.7. The number of hydrogen-bond acceptors (Lipinski definition) is 6. The third-order valence-corrected chi connectivity index (χ3v) is 3.03. The number of nitrogens with one attached hydrogen (secondary N) is 1. The minimum absolute atomic E-state index is 0.260. The smallest absolute Gasteiger partial charge is 0.245 e. The minimum atomic E-state index is -0.410. The number of halogens is 1. The molecule has 2 aromatic rings. The maximum absolute atomic E-state index is 13.7. The highest BCUT2D eigenvalue weighted by molar-refractivity contribution is 5.76. The summed E-state index contributed by atoms with van der Waals surface area (Å²) in [5, 5.41) is 3.95. The van der Waals surface area contributed by atoms with Gasteiger partial charge in [0.1, 0.15) is 5.76 Å². The summed E-state index contributed by atoms with van der Waals surface area (Å²) in [6.07, 6.45) is 6.33. The number of rotatable bonds is 4. The molecule has 0 spiro atoms. The van der Waals surface area contributed by atoms with E-state index in [1.807, 2.05) is 4.90 Å². The Morgan fingerprint density at radius 1 is 1.40 bits per heavy atom. The second-order valence-electron chi connectivity index (χ2n) is 4.44. The molecule has 7 heteroatoms. The Balaban J connectivity index is 1.72. The Hall–Kier alpha value is -2.44. The molecule has 104 valence electrons. The number of aromatic nitrogens is 2. The molecular weight excluding hydrogens is 261 g/mol. The summed E-state index contributed by atoms with van der Waals surface area (Å²) in [6, 6.07) is 3.54. The van der Waals surface area contributed by atoms with E-state index in [2.05, 4.69) is 20.5 Å². The van der Waals surface area contributed by atoms with Gasteiger partial charge in [0.25, 0.3) is 0 Å². The summed E-state index contributed by atoms with van der Waals surface area (Å²) in [5.74, 6) is 0.788. The van der Waals surface area contributed by atoms with Crippen LogP contribution in [0.15, 0.2) is 34.1 Å². The van der Waals surface area contributed by atoms with Gasteiger partial charge in [0, 0.05) is 13.1 Å². The van der Waals surface area contributed by atoms with Gasteiger partial charge in [-0.15, -0.1) is 0 Å². The first-order chi connectivity index (χ1) is 9.83. The summed E-state index contributed by atoms with van der Waals surface area (Å²) in [5.41, 5.74) is 2.67. The number of furan rings is 1. The molecule has 1 fully saturated rings. The second-order valence-corrected chi connectivity index (χ2v) is 4.44. The third-order valence-electron chi connectivity index (χ3n) is 3.03. The monoisotopic (exact) mass is 275 g/mol. The molecule has 1 N–H and O–H groups in total. The van der Waals surface area contributed by atoms with Crippen molar-refractivity contribution in [1.82, 2.24) is 9.97 Å². The van der Waals surface area contributed by atoms with Gasteiger partial charge in [-0.25, -0.2) is 14.8 Å². The Morgan fingerprint density at radius 2 is 2.25 bits per heavy atom. The Kier molecular flexibility index (Phi) is 3.58. The first-order valence-corrected chi connectivity index (χ1v) is 6.43. The molecule has 1 aliphatic heterocycles. The van der Waals surface area contributed by atoms with Crippen LogP contribution in [-0.4, -0.2) is 29.3 Å². The van der Waals surface area contributed by atoms with Crippen LogP contribution >= 0.6 is 0 Å². The number of anilines is 2. The van der Waals surface area contributed by atoms with Crippen LogP contribution < -0.4 is 10.3 Å². The fourth-order valence-corrected chi connectivity index (χ4v) is 2.08. The maximum Gasteiger partial charge on any atom is 0.245 e. The highest BCUT2D eigenvalue weighted by atomic mass is 19.1. The zero-order valence-corrected chi connectivity index (χ0v) is 10.8. The van der Waals surface area contributed by atoms with E-state index in [1.54, 1.807) is 18.4 Å². The molecular formula is C13H14FN5O. The average molecular weight is 275 g/mol. The van der Waals surface area contributed by atoms with Crippen LogP contribution in [0.25, 0.3) is 0 Å². The lowest BCUT2D eigenvalue weighted by Gasteiger charge is -2.16. The Bertz CT molecular complexity index is 593. The predicted octanol–water partition coefficient (Wildman–Crippen LogP) is 2.25. The van der Waals surface area contributed by atoms with Gasteiger partial charge in [0.2, 0.25) is 5.95 Å². The van der Waals surface area contributed by atoms with Crippen molar-refractivity contribution in [2.45, 2.75) is 12.8 Å². The van der Waals surface area contributed by atoms with E-state index in [4.69, 9.17) is 4.42 Å². The van der Waals surface area contributed by atoms with Crippen LogP contribution in [0.3, 0.4) is 0 Å². The van der Waals surface area contributed by atoms with Gasteiger partial charge in [-0.1, -0.05) is 0 Å². The van der Waals surface area contributed by atoms with Crippen LogP contribution in [0.4, 0.5) is 16.2 Å². The molecule has 3 rings (SSSR count). The fourth-order valence-electron chi connectivity index (χ4n) is 2.08. The van der Waals surface area contributed by atoms with E-state index in [-0.39, 0.29) is 5.95 Å². The van der Waals surface area contributed by atoms with Crippen LogP contribution in [0.5, 0.6) is 0 Å². The van der Waals surface area contributed by atoms with E-state index in [1.165, 1.54) is 6.21 Å². The Morgan fingerprint density at radius 3 is 3.00 bits per heavy atom. The van der Waals surface area contributed by atoms with Gasteiger partial charge in [-0.3, -0.25) is 0 Å². The zero-order valence-electron chi connectivity index (χ0n) is 10.8. The summed E-state index contributed by atoms with van der Waals surface area (Å²) in [7, 11) is 0. The minimum Gasteiger partial charge on any atom is -0.463 e. The van der Waals surface area contributed by atoms with E-state index in [9.17, 15) is 4.39 Å². The number of hydrogen-bond donors (Lipinski definition) is 1. The molecule has 2 aromatic heterocycles. The number of hydrazone groups is 1. The van der Waals surface area contributed by atoms with Crippen molar-refractivity contribution < 1.29 is 8.81 Å². The van der Waals surface area contributed by atoms with Crippen molar-refractivity contribution >= 4 is 18.0 Å². The molecule has 1 saturated heterocycles. The Labute approximate surface area is 115 Å². The summed E-state index contributed by atoms with van der Waals surface area (Å²) < 4.78 is 18.8. The lowest BCUT2D eigenvalue weighted by Crippen LogP contribution is -2.21. The van der Waals surface area contributed by atoms with Gasteiger partial charge in [-0.2, -0.15) is 10.1 Å². The number of nitrogens with zero attached hydrogens (tertiary/aromatic N) is 4. The molecule has 0 aromatic carbocycles. The fraction of sp³-hybridized carbons (Fsp3) is 0.308. The average Bonchev–Trinajstić information content (AvgIpc) is 3.13. The standard InChI is InChI=1S/C13H14FN5O/c14-11-9-15-13(17-12(11)19-5-1-2-6-19)18-16-8-10-4-3-7-20-10/h3-4,7-9H,1-2,5-6H2,(H,15,17,18)/b16-8+. The lowest BCUT2D eigenvalue weighted by molar-refractivity contribution is 0.560. The quantitative estimate of drug-likeness (QED) is 0.684. The molecule has 0 radical (unpaired) electrons. The highest BCUT2D eigenvalue weighted by Gasteiger charge is 2.18. The lowest BCUT2D eigenvalue weighted by atomic mass is 10.4. The molecule has 20 heavy (non-hydrogen) atoms. The van der Waals surface area contributed by atoms with Gasteiger partial charge in [-0.05, 0) is 25.0 Å². The van der Waals surface area contributed by atoms with Crippen molar-refractivity contribution in [1.29, 1.82) is 0 Å². The first-order valence-electron chi connectivity index (χ1n) is 6.43. The SMILES string of the molecule is Fc1cnc(N/N=C/c2ccco2)nc1N1CCCC1. The summed E-state index contributed by atoms with van der Waals surface area (Å²) in [4.78, 5) is 9.93. The zero-order chi connectivity index (χ0) is 13.8. The van der Waals surface area contributed by atoms with Crippen molar-refractivity contribution in [2.24, 2.45) is 5.10 Å².